The maximum absolute atomic E-state index is 12.7. The summed E-state index contributed by atoms with van der Waals surface area (Å²) in [5.41, 5.74) is 1.04. The van der Waals surface area contributed by atoms with Crippen LogP contribution < -0.4 is 5.32 Å². The topological polar surface area (TPSA) is 128 Å². The van der Waals surface area contributed by atoms with Crippen molar-refractivity contribution in [1.82, 2.24) is 5.16 Å². The van der Waals surface area contributed by atoms with Crippen molar-refractivity contribution in [2.45, 2.75) is 20.8 Å². The number of aromatic hydroxyl groups is 1. The number of hydrogen-bond acceptors (Lipinski definition) is 9. The Balaban J connectivity index is 1.89. The number of phenols is 1. The Bertz CT molecular complexity index is 1120. The van der Waals surface area contributed by atoms with E-state index in [1.165, 1.54) is 18.2 Å². The van der Waals surface area contributed by atoms with E-state index in [4.69, 9.17) is 14.0 Å². The van der Waals surface area contributed by atoms with Gasteiger partial charge in [0.15, 0.2) is 11.5 Å². The standard InChI is InChI=1S/C21H20N2O7S/c1-4-28-20(26)16-11(3)17(21(27)29-5-2)31-19(16)22-18(25)14-10-15(30-23-14)12-6-8-13(24)9-7-12/h6-10,24H,4-5H2,1-3H3,(H,22,25). The summed E-state index contributed by atoms with van der Waals surface area (Å²) < 4.78 is 15.3. The molecule has 0 bridgehead atoms. The van der Waals surface area contributed by atoms with Gasteiger partial charge in [0.1, 0.15) is 15.6 Å². The Morgan fingerprint density at radius 3 is 2.39 bits per heavy atom. The number of amides is 1. The molecule has 3 rings (SSSR count). The number of nitrogens with one attached hydrogen (secondary N) is 1. The molecule has 0 atom stereocenters. The summed E-state index contributed by atoms with van der Waals surface area (Å²) in [5, 5.41) is 15.9. The van der Waals surface area contributed by atoms with Crippen molar-refractivity contribution in [2.24, 2.45) is 0 Å². The summed E-state index contributed by atoms with van der Waals surface area (Å²) in [6.45, 7) is 5.22. The molecular weight excluding hydrogens is 424 g/mol. The number of nitrogens with zero attached hydrogens (tertiary/aromatic N) is 1. The van der Waals surface area contributed by atoms with Gasteiger partial charge in [-0.25, -0.2) is 9.59 Å². The number of carbonyl (C=O) groups excluding carboxylic acids is 3. The van der Waals surface area contributed by atoms with Crippen LogP contribution in [0.5, 0.6) is 5.75 Å². The van der Waals surface area contributed by atoms with E-state index in [1.807, 2.05) is 0 Å². The quantitative estimate of drug-likeness (QED) is 0.523. The Labute approximate surface area is 181 Å². The zero-order chi connectivity index (χ0) is 22.5. The van der Waals surface area contributed by atoms with Gasteiger partial charge in [0.25, 0.3) is 5.91 Å². The Morgan fingerprint density at radius 2 is 1.74 bits per heavy atom. The maximum atomic E-state index is 12.7. The van der Waals surface area contributed by atoms with Gasteiger partial charge in [-0.05, 0) is 50.6 Å². The van der Waals surface area contributed by atoms with Gasteiger partial charge in [0, 0.05) is 11.6 Å². The number of aromatic nitrogens is 1. The highest BCUT2D eigenvalue weighted by molar-refractivity contribution is 7.18. The Kier molecular flexibility index (Phi) is 6.71. The molecule has 2 aromatic heterocycles. The van der Waals surface area contributed by atoms with E-state index >= 15 is 0 Å². The smallest absolute Gasteiger partial charge is 0.348 e. The molecule has 31 heavy (non-hydrogen) atoms. The first-order valence-electron chi connectivity index (χ1n) is 9.40. The lowest BCUT2D eigenvalue weighted by Crippen LogP contribution is -2.15. The predicted octanol–water partition coefficient (Wildman–Crippen LogP) is 4.02. The van der Waals surface area contributed by atoms with Gasteiger partial charge in [0.05, 0.1) is 18.8 Å². The second kappa shape index (κ2) is 9.43. The van der Waals surface area contributed by atoms with Crippen LogP contribution >= 0.6 is 11.3 Å². The summed E-state index contributed by atoms with van der Waals surface area (Å²) in [5.74, 6) is -1.46. The van der Waals surface area contributed by atoms with E-state index in [9.17, 15) is 19.5 Å². The summed E-state index contributed by atoms with van der Waals surface area (Å²) in [7, 11) is 0. The molecule has 0 radical (unpaired) electrons. The van der Waals surface area contributed by atoms with E-state index < -0.39 is 17.8 Å². The molecule has 2 N–H and O–H groups in total. The van der Waals surface area contributed by atoms with Crippen molar-refractivity contribution in [3.63, 3.8) is 0 Å². The number of ether oxygens (including phenoxy) is 2. The zero-order valence-corrected chi connectivity index (χ0v) is 17.9. The SMILES string of the molecule is CCOC(=O)c1sc(NC(=O)c2cc(-c3ccc(O)cc3)on2)c(C(=O)OCC)c1C. The average molecular weight is 444 g/mol. The summed E-state index contributed by atoms with van der Waals surface area (Å²) in [4.78, 5) is 37.6. The molecule has 1 amide bonds. The zero-order valence-electron chi connectivity index (χ0n) is 17.1. The maximum Gasteiger partial charge on any atom is 0.348 e. The highest BCUT2D eigenvalue weighted by atomic mass is 32.1. The van der Waals surface area contributed by atoms with Crippen molar-refractivity contribution < 1.29 is 33.5 Å². The van der Waals surface area contributed by atoms with Crippen LogP contribution in [0, 0.1) is 6.92 Å². The van der Waals surface area contributed by atoms with Crippen LogP contribution in [0.25, 0.3) is 11.3 Å². The van der Waals surface area contributed by atoms with Crippen molar-refractivity contribution in [3.8, 4) is 17.1 Å². The number of esters is 2. The van der Waals surface area contributed by atoms with Crippen LogP contribution in [0.15, 0.2) is 34.9 Å². The van der Waals surface area contributed by atoms with Crippen molar-refractivity contribution in [1.29, 1.82) is 0 Å². The molecule has 0 aliphatic rings. The minimum absolute atomic E-state index is 0.0263. The third-order valence-corrected chi connectivity index (χ3v) is 5.40. The molecule has 9 nitrogen and oxygen atoms in total. The molecular formula is C21H20N2O7S. The van der Waals surface area contributed by atoms with Crippen LogP contribution in [0.3, 0.4) is 0 Å². The largest absolute Gasteiger partial charge is 0.508 e. The number of hydrogen-bond donors (Lipinski definition) is 2. The van der Waals surface area contributed by atoms with Crippen LogP contribution in [0.2, 0.25) is 0 Å². The van der Waals surface area contributed by atoms with Gasteiger partial charge < -0.3 is 24.4 Å². The summed E-state index contributed by atoms with van der Waals surface area (Å²) in [6, 6.07) is 7.62. The molecule has 0 aliphatic carbocycles. The molecule has 0 saturated carbocycles. The lowest BCUT2D eigenvalue weighted by atomic mass is 10.1. The molecule has 0 spiro atoms. The first-order chi connectivity index (χ1) is 14.8. The van der Waals surface area contributed by atoms with E-state index in [-0.39, 0.29) is 40.1 Å². The molecule has 10 heteroatoms. The highest BCUT2D eigenvalue weighted by Gasteiger charge is 2.28. The van der Waals surface area contributed by atoms with Crippen molar-refractivity contribution >= 4 is 34.2 Å². The van der Waals surface area contributed by atoms with Gasteiger partial charge in [-0.15, -0.1) is 11.3 Å². The number of benzene rings is 1. The number of carbonyl (C=O) groups is 3. The minimum atomic E-state index is -0.660. The van der Waals surface area contributed by atoms with Gasteiger partial charge in [-0.3, -0.25) is 4.79 Å². The minimum Gasteiger partial charge on any atom is -0.508 e. The van der Waals surface area contributed by atoms with Gasteiger partial charge in [-0.1, -0.05) is 5.16 Å². The van der Waals surface area contributed by atoms with E-state index in [0.717, 1.165) is 11.3 Å². The monoisotopic (exact) mass is 444 g/mol. The average Bonchev–Trinajstić information content (AvgIpc) is 3.34. The van der Waals surface area contributed by atoms with Gasteiger partial charge in [0.2, 0.25) is 0 Å². The molecule has 0 unspecified atom stereocenters. The van der Waals surface area contributed by atoms with Crippen molar-refractivity contribution in [2.75, 3.05) is 18.5 Å². The molecule has 162 valence electrons. The lowest BCUT2D eigenvalue weighted by Gasteiger charge is -2.05. The van der Waals surface area contributed by atoms with Crippen molar-refractivity contribution in [3.05, 3.63) is 52.0 Å². The summed E-state index contributed by atoms with van der Waals surface area (Å²) in [6.07, 6.45) is 0. The number of rotatable bonds is 7. The molecule has 0 aliphatic heterocycles. The fourth-order valence-electron chi connectivity index (χ4n) is 2.75. The molecule has 1 aromatic carbocycles. The first-order valence-corrected chi connectivity index (χ1v) is 10.2. The number of phenolic OH excluding ortho intramolecular Hbond substituents is 1. The van der Waals surface area contributed by atoms with E-state index in [0.29, 0.717) is 16.9 Å². The van der Waals surface area contributed by atoms with Gasteiger partial charge in [-0.2, -0.15) is 0 Å². The highest BCUT2D eigenvalue weighted by Crippen LogP contribution is 2.35. The third kappa shape index (κ3) is 4.75. The molecule has 0 saturated heterocycles. The fourth-order valence-corrected chi connectivity index (χ4v) is 3.84. The van der Waals surface area contributed by atoms with E-state index in [1.54, 1.807) is 32.9 Å². The second-order valence-corrected chi connectivity index (χ2v) is 7.30. The Hall–Kier alpha value is -3.66. The lowest BCUT2D eigenvalue weighted by molar-refractivity contribution is 0.0527. The van der Waals surface area contributed by atoms with Crippen LogP contribution in [-0.4, -0.2) is 41.3 Å². The molecule has 2 heterocycles. The third-order valence-electron chi connectivity index (χ3n) is 4.21. The second-order valence-electron chi connectivity index (χ2n) is 6.28. The fraction of sp³-hybridized carbons (Fsp3) is 0.238. The van der Waals surface area contributed by atoms with E-state index in [2.05, 4.69) is 10.5 Å². The van der Waals surface area contributed by atoms with Gasteiger partial charge >= 0.3 is 11.9 Å². The van der Waals surface area contributed by atoms with Crippen LogP contribution in [0.4, 0.5) is 5.00 Å². The summed E-state index contributed by atoms with van der Waals surface area (Å²) >= 11 is 0.923. The van der Waals surface area contributed by atoms with Crippen LogP contribution in [0.1, 0.15) is 49.9 Å². The van der Waals surface area contributed by atoms with Crippen LogP contribution in [-0.2, 0) is 9.47 Å². The number of anilines is 1. The normalized spacial score (nSPS) is 10.5. The Morgan fingerprint density at radius 1 is 1.10 bits per heavy atom. The number of thiophene rings is 1. The molecule has 3 aromatic rings. The first kappa shape index (κ1) is 22.0. The molecule has 0 fully saturated rings. The predicted molar refractivity (Wildman–Crippen MR) is 113 cm³/mol.